The van der Waals surface area contributed by atoms with Crippen LogP contribution in [0.2, 0.25) is 0 Å². The summed E-state index contributed by atoms with van der Waals surface area (Å²) in [6.07, 6.45) is -0.752. The predicted molar refractivity (Wildman–Crippen MR) is 106 cm³/mol. The van der Waals surface area contributed by atoms with Crippen molar-refractivity contribution in [1.82, 2.24) is 4.90 Å². The molecule has 1 N–H and O–H groups in total. The molecule has 0 spiro atoms. The van der Waals surface area contributed by atoms with Crippen LogP contribution in [0.25, 0.3) is 0 Å². The zero-order chi connectivity index (χ0) is 19.5. The Labute approximate surface area is 163 Å². The van der Waals surface area contributed by atoms with Gasteiger partial charge in [0.05, 0.1) is 19.2 Å². The van der Waals surface area contributed by atoms with Crippen LogP contribution in [0.15, 0.2) is 48.5 Å². The average molecular weight is 381 g/mol. The van der Waals surface area contributed by atoms with Crippen molar-refractivity contribution >= 4 is 23.2 Å². The summed E-state index contributed by atoms with van der Waals surface area (Å²) in [4.78, 5) is 29.0. The highest BCUT2D eigenvalue weighted by Crippen LogP contribution is 2.30. The molecule has 0 bridgehead atoms. The molecule has 2 aromatic carbocycles. The molecule has 0 saturated carbocycles. The van der Waals surface area contributed by atoms with Crippen molar-refractivity contribution in [3.63, 3.8) is 0 Å². The first-order chi connectivity index (χ1) is 13.6. The number of carbonyl (C=O) groups is 2. The summed E-state index contributed by atoms with van der Waals surface area (Å²) in [6, 6.07) is 15.1. The van der Waals surface area contributed by atoms with Gasteiger partial charge in [0.1, 0.15) is 11.5 Å². The Kier molecular flexibility index (Phi) is 5.06. The van der Waals surface area contributed by atoms with Crippen LogP contribution in [-0.2, 0) is 9.59 Å². The van der Waals surface area contributed by atoms with Gasteiger partial charge in [0.15, 0.2) is 6.10 Å². The van der Waals surface area contributed by atoms with E-state index in [1.165, 1.54) is 0 Å². The molecule has 1 fully saturated rings. The zero-order valence-electron chi connectivity index (χ0n) is 15.8. The van der Waals surface area contributed by atoms with Crippen LogP contribution >= 0.6 is 0 Å². The number of hydrogen-bond acceptors (Lipinski definition) is 5. The Morgan fingerprint density at radius 3 is 2.71 bits per heavy atom. The lowest BCUT2D eigenvalue weighted by Gasteiger charge is -2.37. The molecule has 1 atom stereocenters. The van der Waals surface area contributed by atoms with Gasteiger partial charge in [-0.15, -0.1) is 0 Å². The van der Waals surface area contributed by atoms with Crippen LogP contribution in [-0.4, -0.2) is 56.1 Å². The summed E-state index contributed by atoms with van der Waals surface area (Å²) in [7, 11) is 1.65. The molecular formula is C21H23N3O4. The number of para-hydroxylation sites is 2. The fraction of sp³-hybridized carbons (Fsp3) is 0.333. The second-order valence-corrected chi connectivity index (χ2v) is 6.87. The van der Waals surface area contributed by atoms with Crippen LogP contribution in [0.4, 0.5) is 11.4 Å². The topological polar surface area (TPSA) is 71.1 Å². The maximum absolute atomic E-state index is 12.7. The number of hydrogen-bond donors (Lipinski definition) is 1. The molecule has 146 valence electrons. The number of fused-ring (bicyclic) bond motifs is 1. The summed E-state index contributed by atoms with van der Waals surface area (Å²) in [5.74, 6) is 1.08. The van der Waals surface area contributed by atoms with E-state index in [2.05, 4.69) is 10.2 Å². The van der Waals surface area contributed by atoms with Gasteiger partial charge in [-0.1, -0.05) is 18.2 Å². The first-order valence-electron chi connectivity index (χ1n) is 9.37. The largest absolute Gasteiger partial charge is 0.497 e. The quantitative estimate of drug-likeness (QED) is 0.879. The highest BCUT2D eigenvalue weighted by Gasteiger charge is 2.32. The molecule has 7 heteroatoms. The summed E-state index contributed by atoms with van der Waals surface area (Å²) in [5.41, 5.74) is 1.72. The van der Waals surface area contributed by atoms with E-state index in [-0.39, 0.29) is 18.2 Å². The molecule has 4 rings (SSSR count). The van der Waals surface area contributed by atoms with Gasteiger partial charge in [0.25, 0.3) is 5.91 Å². The number of anilines is 2. The number of carbonyl (C=O) groups excluding carboxylic acids is 2. The van der Waals surface area contributed by atoms with E-state index in [9.17, 15) is 9.59 Å². The van der Waals surface area contributed by atoms with E-state index in [4.69, 9.17) is 9.47 Å². The van der Waals surface area contributed by atoms with Gasteiger partial charge < -0.3 is 24.6 Å². The second-order valence-electron chi connectivity index (χ2n) is 6.87. The third kappa shape index (κ3) is 3.74. The van der Waals surface area contributed by atoms with Crippen molar-refractivity contribution in [3.8, 4) is 11.5 Å². The van der Waals surface area contributed by atoms with Crippen molar-refractivity contribution in [2.45, 2.75) is 12.5 Å². The summed E-state index contributed by atoms with van der Waals surface area (Å²) in [5, 5.41) is 2.80. The van der Waals surface area contributed by atoms with E-state index < -0.39 is 6.10 Å². The molecule has 2 aromatic rings. The number of nitrogens with one attached hydrogen (secondary N) is 1. The third-order valence-corrected chi connectivity index (χ3v) is 5.12. The lowest BCUT2D eigenvalue weighted by Crippen LogP contribution is -2.50. The van der Waals surface area contributed by atoms with Crippen LogP contribution in [0.1, 0.15) is 6.42 Å². The molecule has 2 aliphatic heterocycles. The van der Waals surface area contributed by atoms with E-state index >= 15 is 0 Å². The standard InChI is InChI=1S/C21H23N3O4/c1-27-16-6-4-5-15(13-16)23-9-11-24(12-10-23)20(25)14-19-21(26)22-17-7-2-3-8-18(17)28-19/h2-8,13,19H,9-12,14H2,1H3,(H,22,26)/t19-/m0/s1. The lowest BCUT2D eigenvalue weighted by molar-refractivity contribution is -0.137. The van der Waals surface area contributed by atoms with E-state index in [1.54, 1.807) is 24.1 Å². The van der Waals surface area contributed by atoms with E-state index in [0.29, 0.717) is 24.5 Å². The third-order valence-electron chi connectivity index (χ3n) is 5.12. The molecule has 2 aliphatic rings. The molecular weight excluding hydrogens is 358 g/mol. The van der Waals surface area contributed by atoms with Gasteiger partial charge in [-0.25, -0.2) is 0 Å². The number of piperazine rings is 1. The molecule has 0 radical (unpaired) electrons. The van der Waals surface area contributed by atoms with Crippen LogP contribution in [0.3, 0.4) is 0 Å². The Bertz CT molecular complexity index is 877. The Morgan fingerprint density at radius 1 is 1.14 bits per heavy atom. The average Bonchev–Trinajstić information content (AvgIpc) is 2.74. The summed E-state index contributed by atoms with van der Waals surface area (Å²) in [6.45, 7) is 2.70. The number of rotatable bonds is 4. The summed E-state index contributed by atoms with van der Waals surface area (Å²) < 4.78 is 11.0. The second kappa shape index (κ2) is 7.80. The Morgan fingerprint density at radius 2 is 1.93 bits per heavy atom. The Hall–Kier alpha value is -3.22. The molecule has 28 heavy (non-hydrogen) atoms. The van der Waals surface area contributed by atoms with Crippen molar-refractivity contribution in [2.75, 3.05) is 43.5 Å². The van der Waals surface area contributed by atoms with Gasteiger partial charge in [-0.2, -0.15) is 0 Å². The normalized spacial score (nSPS) is 18.8. The van der Waals surface area contributed by atoms with Gasteiger partial charge >= 0.3 is 0 Å². The molecule has 2 heterocycles. The van der Waals surface area contributed by atoms with Crippen LogP contribution in [0.5, 0.6) is 11.5 Å². The minimum atomic E-state index is -0.793. The van der Waals surface area contributed by atoms with Gasteiger partial charge in [0.2, 0.25) is 5.91 Å². The van der Waals surface area contributed by atoms with Crippen LogP contribution in [0, 0.1) is 0 Å². The molecule has 1 saturated heterocycles. The Balaban J connectivity index is 1.34. The predicted octanol–water partition coefficient (Wildman–Crippen LogP) is 2.13. The smallest absolute Gasteiger partial charge is 0.266 e. The SMILES string of the molecule is COc1cccc(N2CCN(C(=O)C[C@@H]3Oc4ccccc4NC3=O)CC2)c1. The lowest BCUT2D eigenvalue weighted by atomic mass is 10.1. The van der Waals surface area contributed by atoms with E-state index in [1.807, 2.05) is 36.4 Å². The molecule has 0 unspecified atom stereocenters. The fourth-order valence-electron chi connectivity index (χ4n) is 3.54. The van der Waals surface area contributed by atoms with Crippen molar-refractivity contribution < 1.29 is 19.1 Å². The van der Waals surface area contributed by atoms with Crippen molar-refractivity contribution in [2.24, 2.45) is 0 Å². The van der Waals surface area contributed by atoms with Crippen molar-refractivity contribution in [3.05, 3.63) is 48.5 Å². The monoisotopic (exact) mass is 381 g/mol. The number of amides is 2. The maximum atomic E-state index is 12.7. The number of ether oxygens (including phenoxy) is 2. The van der Waals surface area contributed by atoms with Gasteiger partial charge in [-0.3, -0.25) is 9.59 Å². The molecule has 0 aliphatic carbocycles. The maximum Gasteiger partial charge on any atom is 0.266 e. The van der Waals surface area contributed by atoms with Crippen molar-refractivity contribution in [1.29, 1.82) is 0 Å². The molecule has 0 aromatic heterocycles. The van der Waals surface area contributed by atoms with Gasteiger partial charge in [-0.05, 0) is 24.3 Å². The minimum Gasteiger partial charge on any atom is -0.497 e. The highest BCUT2D eigenvalue weighted by molar-refractivity contribution is 5.99. The minimum absolute atomic E-state index is 0.0410. The fourth-order valence-corrected chi connectivity index (χ4v) is 3.54. The van der Waals surface area contributed by atoms with Crippen LogP contribution < -0.4 is 19.7 Å². The van der Waals surface area contributed by atoms with Gasteiger partial charge in [0, 0.05) is 37.9 Å². The summed E-state index contributed by atoms with van der Waals surface area (Å²) >= 11 is 0. The number of nitrogens with zero attached hydrogens (tertiary/aromatic N) is 2. The first kappa shape index (κ1) is 18.2. The zero-order valence-corrected chi connectivity index (χ0v) is 15.8. The number of methoxy groups -OCH3 is 1. The molecule has 2 amide bonds. The molecule has 7 nitrogen and oxygen atoms in total. The number of benzene rings is 2. The first-order valence-corrected chi connectivity index (χ1v) is 9.37. The highest BCUT2D eigenvalue weighted by atomic mass is 16.5. The van der Waals surface area contributed by atoms with E-state index in [0.717, 1.165) is 24.5 Å².